The minimum atomic E-state index is 0.0387. The predicted octanol–water partition coefficient (Wildman–Crippen LogP) is 2.93. The zero-order chi connectivity index (χ0) is 13.2. The van der Waals surface area contributed by atoms with Crippen LogP contribution in [0.25, 0.3) is 0 Å². The van der Waals surface area contributed by atoms with Crippen LogP contribution in [0.15, 0.2) is 30.3 Å². The summed E-state index contributed by atoms with van der Waals surface area (Å²) >= 11 is 1.51. The van der Waals surface area contributed by atoms with Gasteiger partial charge < -0.3 is 5.32 Å². The molecule has 1 heterocycles. The van der Waals surface area contributed by atoms with E-state index in [4.69, 9.17) is 0 Å². The molecule has 3 rings (SSSR count). The van der Waals surface area contributed by atoms with Crippen LogP contribution >= 0.6 is 11.3 Å². The second kappa shape index (κ2) is 5.13. The number of hydrogen-bond donors (Lipinski definition) is 1. The number of thiazole rings is 1. The van der Waals surface area contributed by atoms with E-state index < -0.39 is 0 Å². The molecular weight excluding hydrogens is 256 g/mol. The van der Waals surface area contributed by atoms with Crippen LogP contribution in [0, 0.1) is 6.92 Å². The Hall–Kier alpha value is -1.68. The van der Waals surface area contributed by atoms with Crippen molar-refractivity contribution in [2.24, 2.45) is 0 Å². The highest BCUT2D eigenvalue weighted by molar-refractivity contribution is 7.13. The summed E-state index contributed by atoms with van der Waals surface area (Å²) in [5.41, 5.74) is 2.07. The zero-order valence-electron chi connectivity index (χ0n) is 10.8. The molecule has 0 atom stereocenters. The van der Waals surface area contributed by atoms with Crippen molar-refractivity contribution in [2.45, 2.75) is 32.2 Å². The van der Waals surface area contributed by atoms with Crippen molar-refractivity contribution in [3.05, 3.63) is 51.5 Å². The van der Waals surface area contributed by atoms with Gasteiger partial charge in [0.2, 0.25) is 0 Å². The lowest BCUT2D eigenvalue weighted by atomic mass is 10.2. The van der Waals surface area contributed by atoms with Crippen LogP contribution in [-0.4, -0.2) is 16.9 Å². The molecule has 98 valence electrons. The van der Waals surface area contributed by atoms with Crippen LogP contribution in [0.2, 0.25) is 0 Å². The molecule has 1 saturated carbocycles. The van der Waals surface area contributed by atoms with Gasteiger partial charge in [0.1, 0.15) is 4.88 Å². The Morgan fingerprint density at radius 3 is 2.79 bits per heavy atom. The van der Waals surface area contributed by atoms with Gasteiger partial charge in [-0.1, -0.05) is 30.3 Å². The van der Waals surface area contributed by atoms with Crippen molar-refractivity contribution in [1.82, 2.24) is 10.3 Å². The van der Waals surface area contributed by atoms with Gasteiger partial charge in [-0.05, 0) is 25.3 Å². The zero-order valence-corrected chi connectivity index (χ0v) is 11.7. The molecule has 0 saturated heterocycles. The number of carbonyl (C=O) groups is 1. The largest absolute Gasteiger partial charge is 0.349 e. The van der Waals surface area contributed by atoms with Gasteiger partial charge in [-0.15, -0.1) is 11.3 Å². The smallest absolute Gasteiger partial charge is 0.263 e. The first-order chi connectivity index (χ1) is 9.22. The number of aromatic nitrogens is 1. The van der Waals surface area contributed by atoms with Crippen molar-refractivity contribution in [3.8, 4) is 0 Å². The summed E-state index contributed by atoms with van der Waals surface area (Å²) < 4.78 is 0. The normalized spacial score (nSPS) is 14.4. The molecule has 0 bridgehead atoms. The molecule has 1 N–H and O–H groups in total. The standard InChI is InChI=1S/C15H16N2OS/c1-10-14(15(18)17-12-7-8-12)19-13(16-10)9-11-5-3-2-4-6-11/h2-6,12H,7-9H2,1H3,(H,17,18). The van der Waals surface area contributed by atoms with Crippen molar-refractivity contribution < 1.29 is 4.79 Å². The fraction of sp³-hybridized carbons (Fsp3) is 0.333. The van der Waals surface area contributed by atoms with E-state index in [0.29, 0.717) is 6.04 Å². The molecule has 4 heteroatoms. The van der Waals surface area contributed by atoms with Crippen molar-refractivity contribution >= 4 is 17.2 Å². The van der Waals surface area contributed by atoms with Gasteiger partial charge >= 0.3 is 0 Å². The third-order valence-corrected chi connectivity index (χ3v) is 4.31. The summed E-state index contributed by atoms with van der Waals surface area (Å²) in [7, 11) is 0. The first-order valence-electron chi connectivity index (χ1n) is 6.53. The molecule has 1 aliphatic carbocycles. The molecule has 2 aromatic rings. The fourth-order valence-corrected chi connectivity index (χ4v) is 2.99. The molecule has 0 aliphatic heterocycles. The quantitative estimate of drug-likeness (QED) is 0.929. The number of rotatable bonds is 4. The maximum atomic E-state index is 12.0. The van der Waals surface area contributed by atoms with Crippen molar-refractivity contribution in [1.29, 1.82) is 0 Å². The maximum Gasteiger partial charge on any atom is 0.263 e. The van der Waals surface area contributed by atoms with Gasteiger partial charge in [-0.2, -0.15) is 0 Å². The number of hydrogen-bond acceptors (Lipinski definition) is 3. The highest BCUT2D eigenvalue weighted by atomic mass is 32.1. The minimum absolute atomic E-state index is 0.0387. The summed E-state index contributed by atoms with van der Waals surface area (Å²) in [5.74, 6) is 0.0387. The van der Waals surface area contributed by atoms with Crippen molar-refractivity contribution in [3.63, 3.8) is 0 Å². The molecule has 3 nitrogen and oxygen atoms in total. The van der Waals surface area contributed by atoms with E-state index in [9.17, 15) is 4.79 Å². The molecule has 19 heavy (non-hydrogen) atoms. The van der Waals surface area contributed by atoms with E-state index in [1.807, 2.05) is 25.1 Å². The summed E-state index contributed by atoms with van der Waals surface area (Å²) in [6.07, 6.45) is 3.02. The summed E-state index contributed by atoms with van der Waals surface area (Å²) in [5, 5.41) is 4.02. The molecular formula is C15H16N2OS. The Balaban J connectivity index is 1.75. The first kappa shape index (κ1) is 12.4. The molecule has 0 unspecified atom stereocenters. The van der Waals surface area contributed by atoms with Gasteiger partial charge in [0.25, 0.3) is 5.91 Å². The number of benzene rings is 1. The third-order valence-electron chi connectivity index (χ3n) is 3.16. The van der Waals surface area contributed by atoms with E-state index >= 15 is 0 Å². The van der Waals surface area contributed by atoms with Gasteiger partial charge in [0.15, 0.2) is 0 Å². The van der Waals surface area contributed by atoms with E-state index in [0.717, 1.165) is 34.8 Å². The second-order valence-corrected chi connectivity index (χ2v) is 6.02. The highest BCUT2D eigenvalue weighted by Crippen LogP contribution is 2.24. The van der Waals surface area contributed by atoms with Crippen LogP contribution in [0.3, 0.4) is 0 Å². The van der Waals surface area contributed by atoms with Gasteiger partial charge in [-0.25, -0.2) is 4.98 Å². The molecule has 1 aliphatic rings. The van der Waals surface area contributed by atoms with Gasteiger partial charge in [0.05, 0.1) is 10.7 Å². The van der Waals surface area contributed by atoms with E-state index in [2.05, 4.69) is 22.4 Å². The Bertz CT molecular complexity index is 587. The number of amides is 1. The van der Waals surface area contributed by atoms with Crippen LogP contribution in [0.5, 0.6) is 0 Å². The van der Waals surface area contributed by atoms with E-state index in [1.165, 1.54) is 16.9 Å². The summed E-state index contributed by atoms with van der Waals surface area (Å²) in [4.78, 5) is 17.3. The van der Waals surface area contributed by atoms with E-state index in [-0.39, 0.29) is 5.91 Å². The summed E-state index contributed by atoms with van der Waals surface area (Å²) in [6, 6.07) is 10.6. The van der Waals surface area contributed by atoms with Crippen LogP contribution in [0.1, 0.15) is 38.8 Å². The summed E-state index contributed by atoms with van der Waals surface area (Å²) in [6.45, 7) is 1.91. The topological polar surface area (TPSA) is 42.0 Å². The molecule has 0 spiro atoms. The Kier molecular flexibility index (Phi) is 3.34. The second-order valence-electron chi connectivity index (χ2n) is 4.93. The minimum Gasteiger partial charge on any atom is -0.349 e. The molecule has 1 aromatic heterocycles. The average molecular weight is 272 g/mol. The lowest BCUT2D eigenvalue weighted by molar-refractivity contribution is 0.0954. The lowest BCUT2D eigenvalue weighted by Gasteiger charge is -1.99. The highest BCUT2D eigenvalue weighted by Gasteiger charge is 2.25. The number of nitrogens with zero attached hydrogens (tertiary/aromatic N) is 1. The third kappa shape index (κ3) is 3.01. The van der Waals surface area contributed by atoms with Gasteiger partial charge in [0, 0.05) is 12.5 Å². The molecule has 1 aromatic carbocycles. The molecule has 0 radical (unpaired) electrons. The SMILES string of the molecule is Cc1nc(Cc2ccccc2)sc1C(=O)NC1CC1. The molecule has 1 amide bonds. The Labute approximate surface area is 116 Å². The van der Waals surface area contributed by atoms with Crippen LogP contribution in [-0.2, 0) is 6.42 Å². The number of aryl methyl sites for hydroxylation is 1. The van der Waals surface area contributed by atoms with Crippen LogP contribution in [0.4, 0.5) is 0 Å². The number of nitrogens with one attached hydrogen (secondary N) is 1. The lowest BCUT2D eigenvalue weighted by Crippen LogP contribution is -2.25. The first-order valence-corrected chi connectivity index (χ1v) is 7.35. The Morgan fingerprint density at radius 1 is 1.37 bits per heavy atom. The predicted molar refractivity (Wildman–Crippen MR) is 76.6 cm³/mol. The Morgan fingerprint density at radius 2 is 2.11 bits per heavy atom. The number of carbonyl (C=O) groups excluding carboxylic acids is 1. The average Bonchev–Trinajstić information content (AvgIpc) is 3.13. The van der Waals surface area contributed by atoms with Gasteiger partial charge in [-0.3, -0.25) is 4.79 Å². The maximum absolute atomic E-state index is 12.0. The van der Waals surface area contributed by atoms with Crippen molar-refractivity contribution in [2.75, 3.05) is 0 Å². The fourth-order valence-electron chi connectivity index (χ4n) is 1.99. The molecule has 1 fully saturated rings. The van der Waals surface area contributed by atoms with E-state index in [1.54, 1.807) is 0 Å². The van der Waals surface area contributed by atoms with Crippen LogP contribution < -0.4 is 5.32 Å². The monoisotopic (exact) mass is 272 g/mol.